The number of hydrogen-bond acceptors (Lipinski definition) is 4. The zero-order valence-corrected chi connectivity index (χ0v) is 10.1. The third-order valence-corrected chi connectivity index (χ3v) is 2.56. The topological polar surface area (TPSA) is 43.4 Å². The van der Waals surface area contributed by atoms with Crippen molar-refractivity contribution >= 4 is 16.5 Å². The maximum Gasteiger partial charge on any atom is 0.221 e. The fraction of sp³-hybridized carbons (Fsp3) is 0.308. The molecule has 0 atom stereocenters. The Kier molecular flexibility index (Phi) is 3.77. The summed E-state index contributed by atoms with van der Waals surface area (Å²) >= 11 is 0. The molecule has 4 heteroatoms. The molecule has 1 heterocycles. The lowest BCUT2D eigenvalue weighted by molar-refractivity contribution is 0.211. The molecule has 0 aliphatic carbocycles. The molecular weight excluding hydrogens is 216 g/mol. The van der Waals surface area contributed by atoms with Crippen LogP contribution in [0, 0.1) is 0 Å². The summed E-state index contributed by atoms with van der Waals surface area (Å²) in [7, 11) is 3.32. The van der Waals surface area contributed by atoms with E-state index in [0.717, 1.165) is 23.0 Å². The van der Waals surface area contributed by atoms with Crippen LogP contribution in [0.3, 0.4) is 0 Å². The predicted octanol–water partition coefficient (Wildman–Crippen LogP) is 2.30. The fourth-order valence-corrected chi connectivity index (χ4v) is 1.71. The standard InChI is InChI=1S/C13H16N2O2/c1-16-8-7-14-11-4-3-10-5-6-15-13(17-2)12(10)9-11/h3-6,9,14H,7-8H2,1-2H3. The Labute approximate surface area is 101 Å². The van der Waals surface area contributed by atoms with Crippen LogP contribution in [0.4, 0.5) is 5.69 Å². The van der Waals surface area contributed by atoms with E-state index in [9.17, 15) is 0 Å². The zero-order chi connectivity index (χ0) is 12.1. The summed E-state index contributed by atoms with van der Waals surface area (Å²) in [6, 6.07) is 8.10. The van der Waals surface area contributed by atoms with Crippen molar-refractivity contribution in [3.8, 4) is 5.88 Å². The number of anilines is 1. The van der Waals surface area contributed by atoms with Gasteiger partial charge in [0.05, 0.1) is 13.7 Å². The molecule has 17 heavy (non-hydrogen) atoms. The highest BCUT2D eigenvalue weighted by Crippen LogP contribution is 2.25. The van der Waals surface area contributed by atoms with Gasteiger partial charge in [-0.15, -0.1) is 0 Å². The molecule has 0 spiro atoms. The number of ether oxygens (including phenoxy) is 2. The number of fused-ring (bicyclic) bond motifs is 1. The van der Waals surface area contributed by atoms with Gasteiger partial charge in [0.25, 0.3) is 0 Å². The van der Waals surface area contributed by atoms with Crippen molar-refractivity contribution in [2.75, 3.05) is 32.7 Å². The molecule has 2 aromatic rings. The van der Waals surface area contributed by atoms with E-state index in [1.165, 1.54) is 0 Å². The summed E-state index contributed by atoms with van der Waals surface area (Å²) in [6.07, 6.45) is 1.75. The molecule has 0 bridgehead atoms. The van der Waals surface area contributed by atoms with Crippen LogP contribution < -0.4 is 10.1 Å². The molecule has 0 aliphatic heterocycles. The highest BCUT2D eigenvalue weighted by molar-refractivity contribution is 5.89. The first kappa shape index (κ1) is 11.7. The summed E-state index contributed by atoms with van der Waals surface area (Å²) in [4.78, 5) is 4.19. The van der Waals surface area contributed by atoms with E-state index in [1.54, 1.807) is 20.4 Å². The van der Waals surface area contributed by atoms with Crippen molar-refractivity contribution in [2.24, 2.45) is 0 Å². The van der Waals surface area contributed by atoms with Crippen molar-refractivity contribution in [1.29, 1.82) is 0 Å². The molecule has 4 nitrogen and oxygen atoms in total. The van der Waals surface area contributed by atoms with Gasteiger partial charge in [-0.3, -0.25) is 0 Å². The molecule has 0 fully saturated rings. The van der Waals surface area contributed by atoms with Gasteiger partial charge in [-0.1, -0.05) is 6.07 Å². The highest BCUT2D eigenvalue weighted by atomic mass is 16.5. The number of methoxy groups -OCH3 is 2. The molecule has 0 amide bonds. The van der Waals surface area contributed by atoms with Crippen molar-refractivity contribution in [1.82, 2.24) is 4.98 Å². The minimum absolute atomic E-state index is 0.651. The quantitative estimate of drug-likeness (QED) is 0.803. The summed E-state index contributed by atoms with van der Waals surface area (Å²) < 4.78 is 10.2. The minimum Gasteiger partial charge on any atom is -0.481 e. The molecule has 0 unspecified atom stereocenters. The lowest BCUT2D eigenvalue weighted by Crippen LogP contribution is -2.07. The van der Waals surface area contributed by atoms with Gasteiger partial charge >= 0.3 is 0 Å². The summed E-state index contributed by atoms with van der Waals surface area (Å²) in [6.45, 7) is 1.47. The van der Waals surface area contributed by atoms with Crippen LogP contribution in [0.2, 0.25) is 0 Å². The van der Waals surface area contributed by atoms with Crippen LogP contribution >= 0.6 is 0 Å². The van der Waals surface area contributed by atoms with Gasteiger partial charge in [0, 0.05) is 30.9 Å². The van der Waals surface area contributed by atoms with E-state index in [4.69, 9.17) is 9.47 Å². The van der Waals surface area contributed by atoms with Crippen molar-refractivity contribution in [3.63, 3.8) is 0 Å². The Hall–Kier alpha value is -1.81. The van der Waals surface area contributed by atoms with Crippen LogP contribution in [0.5, 0.6) is 5.88 Å². The third-order valence-electron chi connectivity index (χ3n) is 2.56. The van der Waals surface area contributed by atoms with E-state index in [2.05, 4.69) is 16.4 Å². The number of hydrogen-bond donors (Lipinski definition) is 1. The first-order valence-electron chi connectivity index (χ1n) is 5.50. The van der Waals surface area contributed by atoms with Gasteiger partial charge in [0.2, 0.25) is 5.88 Å². The molecule has 2 rings (SSSR count). The van der Waals surface area contributed by atoms with Crippen LogP contribution in [-0.2, 0) is 4.74 Å². The summed E-state index contributed by atoms with van der Waals surface area (Å²) in [5.74, 6) is 0.651. The number of benzene rings is 1. The molecule has 0 saturated heterocycles. The Bertz CT molecular complexity index is 500. The smallest absolute Gasteiger partial charge is 0.221 e. The van der Waals surface area contributed by atoms with Crippen molar-refractivity contribution < 1.29 is 9.47 Å². The molecule has 90 valence electrons. The van der Waals surface area contributed by atoms with Gasteiger partial charge in [-0.05, 0) is 23.6 Å². The Balaban J connectivity index is 2.28. The normalized spacial score (nSPS) is 10.5. The van der Waals surface area contributed by atoms with Gasteiger partial charge in [-0.2, -0.15) is 0 Å². The second kappa shape index (κ2) is 5.50. The van der Waals surface area contributed by atoms with E-state index < -0.39 is 0 Å². The lowest BCUT2D eigenvalue weighted by atomic mass is 10.1. The molecule has 1 aromatic heterocycles. The molecule has 1 aromatic carbocycles. The maximum absolute atomic E-state index is 5.24. The van der Waals surface area contributed by atoms with E-state index in [1.807, 2.05) is 18.2 Å². The van der Waals surface area contributed by atoms with Crippen LogP contribution in [0.25, 0.3) is 10.8 Å². The van der Waals surface area contributed by atoms with Gasteiger partial charge in [0.15, 0.2) is 0 Å². The Morgan fingerprint density at radius 1 is 1.24 bits per heavy atom. The second-order valence-corrected chi connectivity index (χ2v) is 3.68. The highest BCUT2D eigenvalue weighted by Gasteiger charge is 2.03. The first-order chi connectivity index (χ1) is 8.35. The average molecular weight is 232 g/mol. The molecular formula is C13H16N2O2. The van der Waals surface area contributed by atoms with E-state index in [0.29, 0.717) is 12.5 Å². The molecule has 0 saturated carbocycles. The monoisotopic (exact) mass is 232 g/mol. The third kappa shape index (κ3) is 2.65. The van der Waals surface area contributed by atoms with Gasteiger partial charge in [-0.25, -0.2) is 4.98 Å². The largest absolute Gasteiger partial charge is 0.481 e. The Morgan fingerprint density at radius 2 is 2.12 bits per heavy atom. The predicted molar refractivity (Wildman–Crippen MR) is 68.7 cm³/mol. The second-order valence-electron chi connectivity index (χ2n) is 3.68. The van der Waals surface area contributed by atoms with Crippen molar-refractivity contribution in [3.05, 3.63) is 30.5 Å². The number of rotatable bonds is 5. The lowest BCUT2D eigenvalue weighted by Gasteiger charge is -2.08. The zero-order valence-electron chi connectivity index (χ0n) is 10.1. The van der Waals surface area contributed by atoms with Crippen LogP contribution in [0.15, 0.2) is 30.5 Å². The summed E-state index contributed by atoms with van der Waals surface area (Å²) in [5.41, 5.74) is 1.04. The minimum atomic E-state index is 0.651. The van der Waals surface area contributed by atoms with Gasteiger partial charge < -0.3 is 14.8 Å². The molecule has 0 aliphatic rings. The SMILES string of the molecule is COCCNc1ccc2ccnc(OC)c2c1. The van der Waals surface area contributed by atoms with E-state index >= 15 is 0 Å². The number of pyridine rings is 1. The Morgan fingerprint density at radius 3 is 2.88 bits per heavy atom. The number of nitrogens with one attached hydrogen (secondary N) is 1. The van der Waals surface area contributed by atoms with Crippen LogP contribution in [0.1, 0.15) is 0 Å². The number of aromatic nitrogens is 1. The maximum atomic E-state index is 5.24. The molecule has 0 radical (unpaired) electrons. The first-order valence-corrected chi connectivity index (χ1v) is 5.50. The van der Waals surface area contributed by atoms with Crippen molar-refractivity contribution in [2.45, 2.75) is 0 Å². The number of nitrogens with zero attached hydrogens (tertiary/aromatic N) is 1. The van der Waals surface area contributed by atoms with E-state index in [-0.39, 0.29) is 0 Å². The fourth-order valence-electron chi connectivity index (χ4n) is 1.71. The molecule has 1 N–H and O–H groups in total. The summed E-state index contributed by atoms with van der Waals surface area (Å²) in [5, 5.41) is 5.41. The van der Waals surface area contributed by atoms with Gasteiger partial charge in [0.1, 0.15) is 0 Å². The van der Waals surface area contributed by atoms with Crippen LogP contribution in [-0.4, -0.2) is 32.4 Å². The average Bonchev–Trinajstić information content (AvgIpc) is 2.38.